The Balaban J connectivity index is 2.18. The summed E-state index contributed by atoms with van der Waals surface area (Å²) in [6.45, 7) is 11.1. The van der Waals surface area contributed by atoms with Gasteiger partial charge in [0.15, 0.2) is 0 Å². The van der Waals surface area contributed by atoms with Gasteiger partial charge in [-0.3, -0.25) is 0 Å². The molecule has 0 amide bonds. The molecule has 1 atom stereocenters. The maximum absolute atomic E-state index is 4.67. The molecular formula is C16H27N3. The molecule has 3 heteroatoms. The first-order chi connectivity index (χ1) is 8.88. The van der Waals surface area contributed by atoms with Gasteiger partial charge in [-0.2, -0.15) is 0 Å². The smallest absolute Gasteiger partial charge is 0.133 e. The Kier molecular flexibility index (Phi) is 4.12. The quantitative estimate of drug-likeness (QED) is 0.882. The van der Waals surface area contributed by atoms with E-state index in [1.165, 1.54) is 25.7 Å². The van der Waals surface area contributed by atoms with E-state index in [-0.39, 0.29) is 0 Å². The van der Waals surface area contributed by atoms with E-state index in [1.807, 2.05) is 6.92 Å². The minimum absolute atomic E-state index is 0.356. The second kappa shape index (κ2) is 5.48. The highest BCUT2D eigenvalue weighted by Crippen LogP contribution is 2.37. The van der Waals surface area contributed by atoms with Crippen molar-refractivity contribution in [3.05, 3.63) is 17.6 Å². The van der Waals surface area contributed by atoms with Gasteiger partial charge in [0, 0.05) is 23.7 Å². The van der Waals surface area contributed by atoms with Crippen molar-refractivity contribution in [2.24, 2.45) is 5.41 Å². The Morgan fingerprint density at radius 1 is 1.26 bits per heavy atom. The van der Waals surface area contributed by atoms with Gasteiger partial charge in [-0.05, 0) is 25.2 Å². The predicted octanol–water partition coefficient (Wildman–Crippen LogP) is 4.29. The SMILES string of the molecule is Cc1cc(NC2CCCCC2(C)C)nc(C(C)C)n1. The lowest BCUT2D eigenvalue weighted by molar-refractivity contribution is 0.216. The molecule has 19 heavy (non-hydrogen) atoms. The molecule has 1 aromatic rings. The van der Waals surface area contributed by atoms with Crippen molar-refractivity contribution in [1.82, 2.24) is 9.97 Å². The van der Waals surface area contributed by atoms with Crippen LogP contribution in [0.3, 0.4) is 0 Å². The van der Waals surface area contributed by atoms with Crippen LogP contribution in [-0.4, -0.2) is 16.0 Å². The fraction of sp³-hybridized carbons (Fsp3) is 0.750. The molecule has 106 valence electrons. The summed E-state index contributed by atoms with van der Waals surface area (Å²) in [5, 5.41) is 3.66. The molecule has 1 unspecified atom stereocenters. The molecule has 1 N–H and O–H groups in total. The van der Waals surface area contributed by atoms with Crippen LogP contribution < -0.4 is 5.32 Å². The number of hydrogen-bond acceptors (Lipinski definition) is 3. The van der Waals surface area contributed by atoms with Crippen LogP contribution >= 0.6 is 0 Å². The summed E-state index contributed by atoms with van der Waals surface area (Å²) in [4.78, 5) is 9.18. The average Bonchev–Trinajstić information content (AvgIpc) is 2.31. The third-order valence-corrected chi connectivity index (χ3v) is 4.22. The Morgan fingerprint density at radius 3 is 2.63 bits per heavy atom. The zero-order chi connectivity index (χ0) is 14.0. The number of aryl methyl sites for hydroxylation is 1. The highest BCUT2D eigenvalue weighted by atomic mass is 15.1. The van der Waals surface area contributed by atoms with Crippen LogP contribution in [0.15, 0.2) is 6.07 Å². The Labute approximate surface area is 117 Å². The van der Waals surface area contributed by atoms with Crippen LogP contribution in [0.2, 0.25) is 0 Å². The average molecular weight is 261 g/mol. The number of anilines is 1. The van der Waals surface area contributed by atoms with Crippen LogP contribution in [0.4, 0.5) is 5.82 Å². The molecule has 0 aromatic carbocycles. The summed E-state index contributed by atoms with van der Waals surface area (Å²) in [6.07, 6.45) is 5.21. The van der Waals surface area contributed by atoms with Crippen molar-refractivity contribution in [3.8, 4) is 0 Å². The van der Waals surface area contributed by atoms with Crippen molar-refractivity contribution in [2.75, 3.05) is 5.32 Å². The van der Waals surface area contributed by atoms with Crippen LogP contribution in [0.25, 0.3) is 0 Å². The normalized spacial score (nSPS) is 22.5. The maximum Gasteiger partial charge on any atom is 0.133 e. The topological polar surface area (TPSA) is 37.8 Å². The molecule has 0 radical (unpaired) electrons. The summed E-state index contributed by atoms with van der Waals surface area (Å²) in [5.41, 5.74) is 1.41. The van der Waals surface area contributed by atoms with E-state index >= 15 is 0 Å². The van der Waals surface area contributed by atoms with Gasteiger partial charge in [-0.25, -0.2) is 9.97 Å². The van der Waals surface area contributed by atoms with Gasteiger partial charge in [0.05, 0.1) is 0 Å². The second-order valence-corrected chi connectivity index (χ2v) is 6.84. The van der Waals surface area contributed by atoms with Gasteiger partial charge in [0.25, 0.3) is 0 Å². The third-order valence-electron chi connectivity index (χ3n) is 4.22. The van der Waals surface area contributed by atoms with Crippen molar-refractivity contribution >= 4 is 5.82 Å². The van der Waals surface area contributed by atoms with Gasteiger partial charge >= 0.3 is 0 Å². The molecule has 3 nitrogen and oxygen atoms in total. The van der Waals surface area contributed by atoms with E-state index in [4.69, 9.17) is 0 Å². The first kappa shape index (κ1) is 14.3. The minimum atomic E-state index is 0.356. The van der Waals surface area contributed by atoms with Crippen LogP contribution in [0.1, 0.15) is 70.8 Å². The summed E-state index contributed by atoms with van der Waals surface area (Å²) in [5.74, 6) is 2.31. The van der Waals surface area contributed by atoms with Gasteiger partial charge in [-0.15, -0.1) is 0 Å². The van der Waals surface area contributed by atoms with E-state index in [1.54, 1.807) is 0 Å². The standard InChI is InChI=1S/C16H27N3/c1-11(2)15-17-12(3)10-14(19-15)18-13-8-6-7-9-16(13,4)5/h10-11,13H,6-9H2,1-5H3,(H,17,18,19). The van der Waals surface area contributed by atoms with Crippen molar-refractivity contribution in [2.45, 2.75) is 72.3 Å². The van der Waals surface area contributed by atoms with Gasteiger partial charge in [0.1, 0.15) is 11.6 Å². The number of aromatic nitrogens is 2. The Bertz CT molecular complexity index is 438. The lowest BCUT2D eigenvalue weighted by Crippen LogP contribution is -2.39. The third kappa shape index (κ3) is 3.46. The van der Waals surface area contributed by atoms with Crippen molar-refractivity contribution in [1.29, 1.82) is 0 Å². The molecule has 0 spiro atoms. The lowest BCUT2D eigenvalue weighted by Gasteiger charge is -2.39. The van der Waals surface area contributed by atoms with Crippen LogP contribution in [0, 0.1) is 12.3 Å². The molecule has 2 rings (SSSR count). The number of rotatable bonds is 3. The van der Waals surface area contributed by atoms with E-state index in [9.17, 15) is 0 Å². The van der Waals surface area contributed by atoms with E-state index in [2.05, 4.69) is 49.0 Å². The molecular weight excluding hydrogens is 234 g/mol. The monoisotopic (exact) mass is 261 g/mol. The molecule has 1 aliphatic carbocycles. The highest BCUT2D eigenvalue weighted by molar-refractivity contribution is 5.38. The number of nitrogens with one attached hydrogen (secondary N) is 1. The molecule has 0 saturated heterocycles. The van der Waals surface area contributed by atoms with Crippen LogP contribution in [0.5, 0.6) is 0 Å². The summed E-state index contributed by atoms with van der Waals surface area (Å²) in [7, 11) is 0. The summed E-state index contributed by atoms with van der Waals surface area (Å²) >= 11 is 0. The fourth-order valence-corrected chi connectivity index (χ4v) is 2.86. The Hall–Kier alpha value is -1.12. The summed E-state index contributed by atoms with van der Waals surface area (Å²) < 4.78 is 0. The molecule has 0 bridgehead atoms. The number of hydrogen-bond donors (Lipinski definition) is 1. The zero-order valence-electron chi connectivity index (χ0n) is 13.0. The molecule has 1 fully saturated rings. The van der Waals surface area contributed by atoms with E-state index < -0.39 is 0 Å². The van der Waals surface area contributed by atoms with Gasteiger partial charge in [-0.1, -0.05) is 40.5 Å². The largest absolute Gasteiger partial charge is 0.367 e. The first-order valence-electron chi connectivity index (χ1n) is 7.50. The highest BCUT2D eigenvalue weighted by Gasteiger charge is 2.32. The predicted molar refractivity (Wildman–Crippen MR) is 80.5 cm³/mol. The molecule has 0 aliphatic heterocycles. The lowest BCUT2D eigenvalue weighted by atomic mass is 9.73. The number of nitrogens with zero attached hydrogens (tertiary/aromatic N) is 2. The van der Waals surface area contributed by atoms with Gasteiger partial charge < -0.3 is 5.32 Å². The van der Waals surface area contributed by atoms with Crippen molar-refractivity contribution < 1.29 is 0 Å². The van der Waals surface area contributed by atoms with E-state index in [0.29, 0.717) is 17.4 Å². The van der Waals surface area contributed by atoms with Crippen LogP contribution in [-0.2, 0) is 0 Å². The van der Waals surface area contributed by atoms with Gasteiger partial charge in [0.2, 0.25) is 0 Å². The summed E-state index contributed by atoms with van der Waals surface area (Å²) in [6, 6.07) is 2.59. The Morgan fingerprint density at radius 2 is 2.00 bits per heavy atom. The zero-order valence-corrected chi connectivity index (χ0v) is 13.0. The minimum Gasteiger partial charge on any atom is -0.367 e. The molecule has 1 aromatic heterocycles. The molecule has 1 aliphatic rings. The maximum atomic E-state index is 4.67. The van der Waals surface area contributed by atoms with Crippen molar-refractivity contribution in [3.63, 3.8) is 0 Å². The molecule has 1 heterocycles. The van der Waals surface area contributed by atoms with E-state index in [0.717, 1.165) is 17.3 Å². The molecule has 1 saturated carbocycles. The first-order valence-corrected chi connectivity index (χ1v) is 7.50. The second-order valence-electron chi connectivity index (χ2n) is 6.84. The fourth-order valence-electron chi connectivity index (χ4n) is 2.86.